The number of hydrogen-bond acceptors (Lipinski definition) is 3. The number of quaternary nitrogens is 1. The topological polar surface area (TPSA) is 57.5 Å². The Hall–Kier alpha value is -1.55. The highest BCUT2D eigenvalue weighted by Crippen LogP contribution is 2.28. The fourth-order valence-electron chi connectivity index (χ4n) is 3.37. The number of carbonyl (C=O) groups excluding carboxylic acids is 1. The van der Waals surface area contributed by atoms with Gasteiger partial charge in [0.15, 0.2) is 11.5 Å². The molecule has 1 aromatic rings. The van der Waals surface area contributed by atoms with Crippen LogP contribution in [0.15, 0.2) is 18.2 Å². The lowest BCUT2D eigenvalue weighted by atomic mass is 10.0. The Kier molecular flexibility index (Phi) is 5.40. The summed E-state index contributed by atoms with van der Waals surface area (Å²) in [5.74, 6) is -0.470. The molecule has 0 atom stereocenters. The lowest BCUT2D eigenvalue weighted by Crippen LogP contribution is -2.63. The zero-order chi connectivity index (χ0) is 16.4. The first-order valence-corrected chi connectivity index (χ1v) is 7.55. The molecule has 0 spiro atoms. The van der Waals surface area contributed by atoms with Crippen LogP contribution < -0.4 is 0 Å². The fourth-order valence-corrected chi connectivity index (χ4v) is 3.37. The number of benzene rings is 1. The van der Waals surface area contributed by atoms with Crippen molar-refractivity contribution in [1.82, 2.24) is 0 Å². The Balaban J connectivity index is 3.14. The zero-order valence-electron chi connectivity index (χ0n) is 13.9. The van der Waals surface area contributed by atoms with Crippen molar-refractivity contribution in [2.45, 2.75) is 59.7 Å². The lowest BCUT2D eigenvalue weighted by Gasteiger charge is -2.49. The van der Waals surface area contributed by atoms with E-state index in [2.05, 4.69) is 41.5 Å². The van der Waals surface area contributed by atoms with Crippen molar-refractivity contribution in [3.8, 4) is 11.5 Å². The highest BCUT2D eigenvalue weighted by molar-refractivity contribution is 5.97. The maximum absolute atomic E-state index is 12.6. The van der Waals surface area contributed by atoms with Gasteiger partial charge in [0.2, 0.25) is 5.78 Å². The Morgan fingerprint density at radius 3 is 1.81 bits per heavy atom. The summed E-state index contributed by atoms with van der Waals surface area (Å²) < 4.78 is 0.695. The predicted octanol–water partition coefficient (Wildman–Crippen LogP) is 3.32. The van der Waals surface area contributed by atoms with E-state index < -0.39 is 0 Å². The average molecular weight is 294 g/mol. The first-order chi connectivity index (χ1) is 9.62. The molecule has 0 aliphatic rings. The quantitative estimate of drug-likeness (QED) is 0.481. The van der Waals surface area contributed by atoms with Crippen LogP contribution in [0.1, 0.15) is 51.9 Å². The first kappa shape index (κ1) is 17.5. The van der Waals surface area contributed by atoms with Gasteiger partial charge in [0.1, 0.15) is 6.54 Å². The monoisotopic (exact) mass is 294 g/mol. The van der Waals surface area contributed by atoms with E-state index >= 15 is 0 Å². The third kappa shape index (κ3) is 3.38. The Labute approximate surface area is 127 Å². The van der Waals surface area contributed by atoms with Crippen molar-refractivity contribution in [2.75, 3.05) is 6.54 Å². The molecule has 0 heterocycles. The second-order valence-corrected chi connectivity index (χ2v) is 6.56. The molecule has 0 radical (unpaired) electrons. The number of phenolic OH excluding ortho intramolecular Hbond substituents is 2. The highest BCUT2D eigenvalue weighted by Gasteiger charge is 2.40. The largest absolute Gasteiger partial charge is 0.504 e. The molecule has 0 bridgehead atoms. The number of hydrogen-bond donors (Lipinski definition) is 2. The predicted molar refractivity (Wildman–Crippen MR) is 84.6 cm³/mol. The maximum atomic E-state index is 12.6. The smallest absolute Gasteiger partial charge is 0.217 e. The van der Waals surface area contributed by atoms with Gasteiger partial charge in [-0.15, -0.1) is 0 Å². The van der Waals surface area contributed by atoms with Crippen LogP contribution in [0, 0.1) is 0 Å². The van der Waals surface area contributed by atoms with E-state index in [0.717, 1.165) is 0 Å². The molecule has 4 nitrogen and oxygen atoms in total. The van der Waals surface area contributed by atoms with Crippen LogP contribution in [0.4, 0.5) is 0 Å². The molecular formula is C17H28NO3+. The number of phenols is 2. The minimum absolute atomic E-state index is 0.0126. The Morgan fingerprint density at radius 2 is 1.43 bits per heavy atom. The van der Waals surface area contributed by atoms with Gasteiger partial charge < -0.3 is 14.7 Å². The molecule has 0 aliphatic heterocycles. The summed E-state index contributed by atoms with van der Waals surface area (Å²) in [5, 5.41) is 18.9. The molecule has 2 N–H and O–H groups in total. The maximum Gasteiger partial charge on any atom is 0.217 e. The number of rotatable bonds is 6. The highest BCUT2D eigenvalue weighted by atomic mass is 16.3. The molecule has 4 heteroatoms. The Morgan fingerprint density at radius 1 is 0.952 bits per heavy atom. The van der Waals surface area contributed by atoms with Gasteiger partial charge in [0.25, 0.3) is 0 Å². The molecule has 0 aromatic heterocycles. The second-order valence-electron chi connectivity index (χ2n) is 6.56. The summed E-state index contributed by atoms with van der Waals surface area (Å²) in [6.45, 7) is 13.2. The van der Waals surface area contributed by atoms with Crippen LogP contribution in [-0.2, 0) is 0 Å². The van der Waals surface area contributed by atoms with Crippen LogP contribution in [0.3, 0.4) is 0 Å². The van der Waals surface area contributed by atoms with Gasteiger partial charge in [-0.05, 0) is 59.7 Å². The minimum atomic E-state index is -0.252. The lowest BCUT2D eigenvalue weighted by molar-refractivity contribution is -0.978. The van der Waals surface area contributed by atoms with Crippen molar-refractivity contribution in [1.29, 1.82) is 0 Å². The van der Waals surface area contributed by atoms with Crippen LogP contribution in [0.25, 0.3) is 0 Å². The molecule has 118 valence electrons. The Bertz CT molecular complexity index is 485. The van der Waals surface area contributed by atoms with E-state index in [-0.39, 0.29) is 17.3 Å². The van der Waals surface area contributed by atoms with Gasteiger partial charge in [-0.25, -0.2) is 0 Å². The molecule has 0 aliphatic carbocycles. The standard InChI is InChI=1S/C17H27NO3/c1-11(2)18(12(3)4,13(5)6)10-17(21)14-7-8-15(19)16(20)9-14/h7-9,11-13H,10H2,1-6H3,(H-,19,20,21)/p+1. The number of carbonyl (C=O) groups is 1. The summed E-state index contributed by atoms with van der Waals surface area (Å²) in [6, 6.07) is 5.22. The number of Topliss-reactive ketones (excluding diaryl/α,β-unsaturated/α-hetero) is 1. The van der Waals surface area contributed by atoms with Crippen molar-refractivity contribution < 1.29 is 19.5 Å². The SMILES string of the molecule is CC(C)[N+](CC(=O)c1ccc(O)c(O)c1)(C(C)C)C(C)C. The molecule has 21 heavy (non-hydrogen) atoms. The van der Waals surface area contributed by atoms with Crippen LogP contribution in [-0.4, -0.2) is 45.1 Å². The van der Waals surface area contributed by atoms with Crippen molar-refractivity contribution >= 4 is 5.78 Å². The normalized spacial score (nSPS) is 12.4. The van der Waals surface area contributed by atoms with Gasteiger partial charge in [-0.2, -0.15) is 0 Å². The van der Waals surface area contributed by atoms with Gasteiger partial charge >= 0.3 is 0 Å². The van der Waals surface area contributed by atoms with E-state index in [1.54, 1.807) is 6.07 Å². The summed E-state index contributed by atoms with van der Waals surface area (Å²) >= 11 is 0. The van der Waals surface area contributed by atoms with E-state index in [1.165, 1.54) is 12.1 Å². The summed E-state index contributed by atoms with van der Waals surface area (Å²) in [5.41, 5.74) is 0.440. The van der Waals surface area contributed by atoms with Gasteiger partial charge in [0.05, 0.1) is 18.1 Å². The molecule has 0 fully saturated rings. The van der Waals surface area contributed by atoms with Crippen LogP contribution >= 0.6 is 0 Å². The minimum Gasteiger partial charge on any atom is -0.504 e. The van der Waals surface area contributed by atoms with Crippen LogP contribution in [0.2, 0.25) is 0 Å². The van der Waals surface area contributed by atoms with Gasteiger partial charge in [-0.3, -0.25) is 4.79 Å². The molecule has 0 unspecified atom stereocenters. The first-order valence-electron chi connectivity index (χ1n) is 7.55. The molecule has 0 saturated carbocycles. The zero-order valence-corrected chi connectivity index (χ0v) is 13.9. The second kappa shape index (κ2) is 6.48. The van der Waals surface area contributed by atoms with Gasteiger partial charge in [-0.1, -0.05) is 0 Å². The molecule has 1 aromatic carbocycles. The van der Waals surface area contributed by atoms with E-state index in [0.29, 0.717) is 34.7 Å². The third-order valence-corrected chi connectivity index (χ3v) is 4.60. The van der Waals surface area contributed by atoms with Crippen LogP contribution in [0.5, 0.6) is 11.5 Å². The van der Waals surface area contributed by atoms with E-state index in [9.17, 15) is 15.0 Å². The van der Waals surface area contributed by atoms with Crippen molar-refractivity contribution in [3.05, 3.63) is 23.8 Å². The number of nitrogens with zero attached hydrogens (tertiary/aromatic N) is 1. The molecule has 0 amide bonds. The third-order valence-electron chi connectivity index (χ3n) is 4.60. The van der Waals surface area contributed by atoms with E-state index in [4.69, 9.17) is 0 Å². The molecule has 1 rings (SSSR count). The van der Waals surface area contributed by atoms with Crippen molar-refractivity contribution in [3.63, 3.8) is 0 Å². The van der Waals surface area contributed by atoms with Gasteiger partial charge in [0, 0.05) is 5.56 Å². The number of ketones is 1. The van der Waals surface area contributed by atoms with Crippen molar-refractivity contribution in [2.24, 2.45) is 0 Å². The molecule has 0 saturated heterocycles. The summed E-state index contributed by atoms with van der Waals surface area (Å²) in [6.07, 6.45) is 0. The summed E-state index contributed by atoms with van der Waals surface area (Å²) in [7, 11) is 0. The average Bonchev–Trinajstić information content (AvgIpc) is 2.37. The van der Waals surface area contributed by atoms with E-state index in [1.807, 2.05) is 0 Å². The molecular weight excluding hydrogens is 266 g/mol. The number of aromatic hydroxyl groups is 2. The summed E-state index contributed by atoms with van der Waals surface area (Å²) in [4.78, 5) is 12.6. The fraction of sp³-hybridized carbons (Fsp3) is 0.588.